The molecule has 7 heteroatoms. The number of benzene rings is 1. The van der Waals surface area contributed by atoms with Gasteiger partial charge in [0.05, 0.1) is 0 Å². The first kappa shape index (κ1) is 20.0. The van der Waals surface area contributed by atoms with Gasteiger partial charge in [-0.05, 0) is 64.7 Å². The molecule has 1 atom stereocenters. The van der Waals surface area contributed by atoms with Crippen molar-refractivity contribution in [2.24, 2.45) is 0 Å². The van der Waals surface area contributed by atoms with Crippen LogP contribution in [-0.2, 0) is 16.1 Å². The summed E-state index contributed by atoms with van der Waals surface area (Å²) in [7, 11) is 0. The number of rotatable bonds is 4. The minimum absolute atomic E-state index is 0.0220. The van der Waals surface area contributed by atoms with E-state index in [0.29, 0.717) is 30.9 Å². The first-order chi connectivity index (χ1) is 13.6. The Hall–Kier alpha value is -2.28. The monoisotopic (exact) mass is 401 g/mol. The number of piperidine rings is 1. The first-order valence-corrected chi connectivity index (χ1v) is 10.4. The van der Waals surface area contributed by atoms with E-state index in [-0.39, 0.29) is 35.7 Å². The van der Waals surface area contributed by atoms with Crippen molar-refractivity contribution in [3.05, 3.63) is 23.8 Å². The van der Waals surface area contributed by atoms with E-state index >= 15 is 0 Å². The third kappa shape index (κ3) is 4.34. The molecule has 3 aliphatic heterocycles. The van der Waals surface area contributed by atoms with Crippen molar-refractivity contribution in [2.45, 2.75) is 83.1 Å². The Morgan fingerprint density at radius 2 is 1.86 bits per heavy atom. The van der Waals surface area contributed by atoms with Crippen LogP contribution in [-0.4, -0.2) is 46.7 Å². The molecule has 29 heavy (non-hydrogen) atoms. The summed E-state index contributed by atoms with van der Waals surface area (Å²) < 4.78 is 10.8. The molecule has 2 saturated heterocycles. The van der Waals surface area contributed by atoms with Gasteiger partial charge in [-0.3, -0.25) is 9.59 Å². The summed E-state index contributed by atoms with van der Waals surface area (Å²) in [4.78, 5) is 27.3. The molecule has 0 spiro atoms. The van der Waals surface area contributed by atoms with Crippen LogP contribution < -0.4 is 20.1 Å². The van der Waals surface area contributed by atoms with Crippen LogP contribution in [0, 0.1) is 0 Å². The van der Waals surface area contributed by atoms with Crippen LogP contribution >= 0.6 is 0 Å². The van der Waals surface area contributed by atoms with Gasteiger partial charge in [0.2, 0.25) is 18.6 Å². The molecule has 1 unspecified atom stereocenters. The van der Waals surface area contributed by atoms with Crippen molar-refractivity contribution in [1.29, 1.82) is 0 Å². The zero-order chi connectivity index (χ0) is 20.8. The van der Waals surface area contributed by atoms with Gasteiger partial charge in [0.1, 0.15) is 6.04 Å². The maximum Gasteiger partial charge on any atom is 0.243 e. The lowest BCUT2D eigenvalue weighted by atomic mass is 9.79. The molecule has 7 nitrogen and oxygen atoms in total. The fourth-order valence-electron chi connectivity index (χ4n) is 5.16. The molecule has 0 saturated carbocycles. The second-order valence-electron chi connectivity index (χ2n) is 9.77. The highest BCUT2D eigenvalue weighted by molar-refractivity contribution is 5.91. The smallest absolute Gasteiger partial charge is 0.243 e. The lowest BCUT2D eigenvalue weighted by molar-refractivity contribution is -0.136. The lowest BCUT2D eigenvalue weighted by Gasteiger charge is -2.46. The second-order valence-corrected chi connectivity index (χ2v) is 9.77. The molecule has 1 aromatic rings. The van der Waals surface area contributed by atoms with Crippen molar-refractivity contribution >= 4 is 11.8 Å². The quantitative estimate of drug-likeness (QED) is 0.810. The van der Waals surface area contributed by atoms with Crippen molar-refractivity contribution in [2.75, 3.05) is 6.79 Å². The molecular weight excluding hydrogens is 370 g/mol. The van der Waals surface area contributed by atoms with Gasteiger partial charge in [-0.1, -0.05) is 6.07 Å². The Morgan fingerprint density at radius 3 is 2.59 bits per heavy atom. The molecule has 2 amide bonds. The minimum atomic E-state index is -0.422. The Morgan fingerprint density at radius 1 is 1.17 bits per heavy atom. The number of fused-ring (bicyclic) bond motifs is 1. The highest BCUT2D eigenvalue weighted by Crippen LogP contribution is 2.34. The molecule has 0 bridgehead atoms. The van der Waals surface area contributed by atoms with Gasteiger partial charge in [0, 0.05) is 30.1 Å². The van der Waals surface area contributed by atoms with E-state index in [4.69, 9.17) is 9.47 Å². The van der Waals surface area contributed by atoms with Crippen LogP contribution in [0.2, 0.25) is 0 Å². The first-order valence-electron chi connectivity index (χ1n) is 10.4. The maximum absolute atomic E-state index is 13.1. The van der Waals surface area contributed by atoms with Crippen LogP contribution in [0.5, 0.6) is 11.5 Å². The van der Waals surface area contributed by atoms with E-state index in [2.05, 4.69) is 38.3 Å². The molecule has 0 aromatic heterocycles. The zero-order valence-electron chi connectivity index (χ0n) is 17.7. The number of carbonyl (C=O) groups is 2. The van der Waals surface area contributed by atoms with Crippen LogP contribution in [0.1, 0.15) is 58.9 Å². The topological polar surface area (TPSA) is 79.9 Å². The molecule has 3 heterocycles. The molecule has 4 rings (SSSR count). The summed E-state index contributed by atoms with van der Waals surface area (Å²) in [6.07, 6.45) is 2.70. The Balaban J connectivity index is 1.44. The van der Waals surface area contributed by atoms with E-state index in [1.165, 1.54) is 0 Å². The van der Waals surface area contributed by atoms with E-state index in [9.17, 15) is 9.59 Å². The van der Waals surface area contributed by atoms with Crippen LogP contribution in [0.4, 0.5) is 0 Å². The number of likely N-dealkylation sites (tertiary alicyclic amines) is 1. The molecule has 0 radical (unpaired) electrons. The maximum atomic E-state index is 13.1. The predicted molar refractivity (Wildman–Crippen MR) is 109 cm³/mol. The summed E-state index contributed by atoms with van der Waals surface area (Å²) in [6.45, 7) is 9.28. The highest BCUT2D eigenvalue weighted by Gasteiger charge is 2.41. The number of amides is 2. The van der Waals surface area contributed by atoms with Gasteiger partial charge in [-0.2, -0.15) is 0 Å². The minimum Gasteiger partial charge on any atom is -0.454 e. The van der Waals surface area contributed by atoms with Crippen LogP contribution in [0.25, 0.3) is 0 Å². The Labute approximate surface area is 172 Å². The zero-order valence-corrected chi connectivity index (χ0v) is 17.7. The van der Waals surface area contributed by atoms with Gasteiger partial charge < -0.3 is 25.0 Å². The van der Waals surface area contributed by atoms with E-state index in [1.807, 2.05) is 18.2 Å². The fraction of sp³-hybridized carbons (Fsp3) is 0.636. The summed E-state index contributed by atoms with van der Waals surface area (Å²) in [6, 6.07) is 5.34. The number of hydrogen-bond donors (Lipinski definition) is 2. The molecule has 2 fully saturated rings. The summed E-state index contributed by atoms with van der Waals surface area (Å²) >= 11 is 0. The largest absolute Gasteiger partial charge is 0.454 e. The predicted octanol–water partition coefficient (Wildman–Crippen LogP) is 2.33. The lowest BCUT2D eigenvalue weighted by Crippen LogP contribution is -2.63. The third-order valence-electron chi connectivity index (χ3n) is 5.96. The van der Waals surface area contributed by atoms with Crippen LogP contribution in [0.3, 0.4) is 0 Å². The van der Waals surface area contributed by atoms with Crippen molar-refractivity contribution in [3.8, 4) is 11.5 Å². The fourth-order valence-corrected chi connectivity index (χ4v) is 5.16. The van der Waals surface area contributed by atoms with Gasteiger partial charge in [0.25, 0.3) is 0 Å². The van der Waals surface area contributed by atoms with E-state index < -0.39 is 6.04 Å². The Kier molecular flexibility index (Phi) is 4.97. The highest BCUT2D eigenvalue weighted by atomic mass is 16.7. The molecule has 1 aromatic carbocycles. The van der Waals surface area contributed by atoms with Crippen molar-refractivity contribution in [3.63, 3.8) is 0 Å². The number of carbonyl (C=O) groups excluding carboxylic acids is 2. The van der Waals surface area contributed by atoms with Gasteiger partial charge in [-0.25, -0.2) is 0 Å². The molecule has 0 aliphatic carbocycles. The molecule has 3 aliphatic rings. The van der Waals surface area contributed by atoms with Crippen LogP contribution in [0.15, 0.2) is 18.2 Å². The van der Waals surface area contributed by atoms with Gasteiger partial charge in [0.15, 0.2) is 11.5 Å². The normalized spacial score (nSPS) is 25.3. The SMILES string of the molecule is CC1(C)CC(NC(=O)C2CCC(=O)N2Cc2ccc3c(c2)OCO3)CC(C)(C)N1. The molecule has 158 valence electrons. The summed E-state index contributed by atoms with van der Waals surface area (Å²) in [5.41, 5.74) is 0.848. The summed E-state index contributed by atoms with van der Waals surface area (Å²) in [5, 5.41) is 6.87. The van der Waals surface area contributed by atoms with Gasteiger partial charge >= 0.3 is 0 Å². The van der Waals surface area contributed by atoms with Crippen molar-refractivity contribution in [1.82, 2.24) is 15.5 Å². The molecular formula is C22H31N3O4. The van der Waals surface area contributed by atoms with Gasteiger partial charge in [-0.15, -0.1) is 0 Å². The second kappa shape index (κ2) is 7.20. The number of ether oxygens (including phenoxy) is 2. The summed E-state index contributed by atoms with van der Waals surface area (Å²) in [5.74, 6) is 1.38. The van der Waals surface area contributed by atoms with Crippen molar-refractivity contribution < 1.29 is 19.1 Å². The Bertz CT molecular complexity index is 804. The van der Waals surface area contributed by atoms with E-state index in [0.717, 1.165) is 18.4 Å². The van der Waals surface area contributed by atoms with E-state index in [1.54, 1.807) is 4.90 Å². The molecule has 2 N–H and O–H groups in total. The standard InChI is InChI=1S/C22H31N3O4/c1-21(2)10-15(11-22(3,4)24-21)23-20(27)16-6-8-19(26)25(16)12-14-5-7-17-18(9-14)29-13-28-17/h5,7,9,15-16,24H,6,8,10-13H2,1-4H3,(H,23,27). The average Bonchev–Trinajstić information content (AvgIpc) is 3.19. The number of hydrogen-bond acceptors (Lipinski definition) is 5. The number of nitrogens with one attached hydrogen (secondary N) is 2. The number of nitrogens with zero attached hydrogens (tertiary/aromatic N) is 1. The third-order valence-corrected chi connectivity index (χ3v) is 5.96. The average molecular weight is 402 g/mol.